The molecule has 0 radical (unpaired) electrons. The van der Waals surface area contributed by atoms with Gasteiger partial charge in [0.1, 0.15) is 36.8 Å². The van der Waals surface area contributed by atoms with E-state index in [1.807, 2.05) is 12.2 Å². The van der Waals surface area contributed by atoms with Crippen molar-refractivity contribution in [2.45, 2.75) is 198 Å². The van der Waals surface area contributed by atoms with Crippen molar-refractivity contribution in [2.24, 2.45) is 0 Å². The quantitative estimate of drug-likeness (QED) is 0.0152. The lowest BCUT2D eigenvalue weighted by atomic mass is 10.00. The zero-order valence-electron chi connectivity index (χ0n) is 37.7. The molecule has 0 aromatic carbocycles. The van der Waals surface area contributed by atoms with Crippen LogP contribution >= 0.6 is 0 Å². The Morgan fingerprint density at radius 2 is 1.10 bits per heavy atom. The highest BCUT2D eigenvalue weighted by molar-refractivity contribution is 7.85. The molecule has 1 saturated heterocycles. The Hall–Kier alpha value is -3.13. The zero-order chi connectivity index (χ0) is 45.5. The van der Waals surface area contributed by atoms with Crippen LogP contribution in [0.25, 0.3) is 0 Å². The van der Waals surface area contributed by atoms with Gasteiger partial charge in [-0.15, -0.1) is 5.73 Å². The molecule has 6 atom stereocenters. The third kappa shape index (κ3) is 32.5. The molecular weight excluding hydrogens is 813 g/mol. The van der Waals surface area contributed by atoms with E-state index in [0.717, 1.165) is 70.6 Å². The first-order valence-electron chi connectivity index (χ1n) is 23.2. The molecule has 62 heavy (non-hydrogen) atoms. The van der Waals surface area contributed by atoms with Gasteiger partial charge >= 0.3 is 11.9 Å². The van der Waals surface area contributed by atoms with Crippen molar-refractivity contribution in [3.63, 3.8) is 0 Å². The minimum absolute atomic E-state index is 0.0870. The molecule has 1 rings (SSSR count). The second kappa shape index (κ2) is 38.3. The third-order valence-corrected chi connectivity index (χ3v) is 10.8. The fourth-order valence-corrected chi connectivity index (χ4v) is 7.09. The Morgan fingerprint density at radius 3 is 1.68 bits per heavy atom. The maximum atomic E-state index is 12.8. The lowest BCUT2D eigenvalue weighted by molar-refractivity contribution is -0.297. The van der Waals surface area contributed by atoms with E-state index in [2.05, 4.69) is 80.3 Å². The van der Waals surface area contributed by atoms with Gasteiger partial charge in [-0.1, -0.05) is 132 Å². The molecule has 0 saturated carbocycles. The molecule has 1 aliphatic rings. The van der Waals surface area contributed by atoms with Gasteiger partial charge in [-0.2, -0.15) is 8.42 Å². The Labute approximate surface area is 373 Å². The average Bonchev–Trinajstić information content (AvgIpc) is 3.24. The number of unbranched alkanes of at least 4 members (excludes halogenated alkanes) is 13. The molecule has 0 spiro atoms. The van der Waals surface area contributed by atoms with Crippen LogP contribution in [0.4, 0.5) is 0 Å². The van der Waals surface area contributed by atoms with Crippen molar-refractivity contribution in [3.8, 4) is 0 Å². The summed E-state index contributed by atoms with van der Waals surface area (Å²) in [4.78, 5) is 25.4. The summed E-state index contributed by atoms with van der Waals surface area (Å²) < 4.78 is 54.0. The molecule has 0 aromatic heterocycles. The number of hydrogen-bond donors (Lipinski definition) is 4. The Morgan fingerprint density at radius 1 is 0.597 bits per heavy atom. The van der Waals surface area contributed by atoms with Gasteiger partial charge < -0.3 is 34.3 Å². The van der Waals surface area contributed by atoms with E-state index >= 15 is 0 Å². The molecule has 1 aliphatic heterocycles. The molecule has 0 aromatic rings. The van der Waals surface area contributed by atoms with Crippen LogP contribution in [0.2, 0.25) is 0 Å². The van der Waals surface area contributed by atoms with Gasteiger partial charge in [0, 0.05) is 12.8 Å². The fourth-order valence-electron chi connectivity index (χ4n) is 6.40. The summed E-state index contributed by atoms with van der Waals surface area (Å²) in [7, 11) is -4.62. The van der Waals surface area contributed by atoms with Crippen LogP contribution in [-0.4, -0.2) is 96.0 Å². The lowest BCUT2D eigenvalue weighted by Gasteiger charge is -2.40. The third-order valence-electron chi connectivity index (χ3n) is 10.0. The maximum absolute atomic E-state index is 12.8. The molecule has 4 N–H and O–H groups in total. The number of carbonyl (C=O) groups excluding carboxylic acids is 2. The Bertz CT molecular complexity index is 1480. The number of allylic oxidation sites excluding steroid dienone is 11. The van der Waals surface area contributed by atoms with Gasteiger partial charge in [-0.05, 0) is 89.2 Å². The van der Waals surface area contributed by atoms with E-state index in [-0.39, 0.29) is 19.4 Å². The number of carbonyl (C=O) groups is 2. The van der Waals surface area contributed by atoms with Crippen molar-refractivity contribution in [3.05, 3.63) is 78.6 Å². The van der Waals surface area contributed by atoms with Gasteiger partial charge in [-0.25, -0.2) is 0 Å². The minimum atomic E-state index is -4.62. The molecule has 12 nitrogen and oxygen atoms in total. The first-order valence-corrected chi connectivity index (χ1v) is 24.8. The smallest absolute Gasteiger partial charge is 0.306 e. The van der Waals surface area contributed by atoms with E-state index in [9.17, 15) is 37.9 Å². The van der Waals surface area contributed by atoms with E-state index in [1.54, 1.807) is 0 Å². The molecule has 354 valence electrons. The largest absolute Gasteiger partial charge is 0.462 e. The predicted molar refractivity (Wildman–Crippen MR) is 246 cm³/mol. The highest BCUT2D eigenvalue weighted by atomic mass is 32.2. The molecule has 1 fully saturated rings. The normalized spacial score (nSPS) is 20.1. The summed E-state index contributed by atoms with van der Waals surface area (Å²) in [6.45, 7) is 3.62. The molecule has 0 aliphatic carbocycles. The molecule has 13 heteroatoms. The number of rotatable bonds is 37. The van der Waals surface area contributed by atoms with Crippen molar-refractivity contribution in [1.29, 1.82) is 0 Å². The molecule has 1 heterocycles. The van der Waals surface area contributed by atoms with Gasteiger partial charge in [0.15, 0.2) is 12.4 Å². The summed E-state index contributed by atoms with van der Waals surface area (Å²) in [5, 5.41) is 30.9. The summed E-state index contributed by atoms with van der Waals surface area (Å²) in [6.07, 6.45) is 37.4. The number of ether oxygens (including phenoxy) is 4. The first-order chi connectivity index (χ1) is 30.0. The van der Waals surface area contributed by atoms with Crippen molar-refractivity contribution < 1.29 is 56.8 Å². The van der Waals surface area contributed by atoms with Crippen LogP contribution in [0.1, 0.15) is 162 Å². The van der Waals surface area contributed by atoms with Crippen LogP contribution in [-0.2, 0) is 38.7 Å². The van der Waals surface area contributed by atoms with E-state index < -0.39 is 71.2 Å². The summed E-state index contributed by atoms with van der Waals surface area (Å²) in [5.41, 5.74) is 3.27. The molecule has 0 bridgehead atoms. The van der Waals surface area contributed by atoms with Crippen molar-refractivity contribution in [2.75, 3.05) is 19.0 Å². The second-order valence-corrected chi connectivity index (χ2v) is 17.3. The van der Waals surface area contributed by atoms with Crippen LogP contribution in [0.5, 0.6) is 0 Å². The predicted octanol–water partition coefficient (Wildman–Crippen LogP) is 9.66. The van der Waals surface area contributed by atoms with E-state index in [1.165, 1.54) is 51.4 Å². The fraction of sp³-hybridized carbons (Fsp3) is 0.694. The first kappa shape index (κ1) is 56.9. The Kier molecular flexibility index (Phi) is 35.2. The number of hydrogen-bond acceptors (Lipinski definition) is 11. The molecular formula is C49H80O12S. The van der Waals surface area contributed by atoms with Crippen LogP contribution < -0.4 is 0 Å². The van der Waals surface area contributed by atoms with Crippen LogP contribution in [0, 0.1) is 0 Å². The highest BCUT2D eigenvalue weighted by Gasteiger charge is 2.46. The lowest BCUT2D eigenvalue weighted by Crippen LogP contribution is -2.60. The highest BCUT2D eigenvalue weighted by Crippen LogP contribution is 2.24. The Balaban J connectivity index is 2.51. The summed E-state index contributed by atoms with van der Waals surface area (Å²) in [6, 6.07) is 0. The minimum Gasteiger partial charge on any atom is -0.462 e. The average molecular weight is 893 g/mol. The zero-order valence-corrected chi connectivity index (χ0v) is 38.6. The van der Waals surface area contributed by atoms with E-state index in [4.69, 9.17) is 18.9 Å². The topological polar surface area (TPSA) is 186 Å². The van der Waals surface area contributed by atoms with Gasteiger partial charge in [-0.3, -0.25) is 14.1 Å². The van der Waals surface area contributed by atoms with E-state index in [0.29, 0.717) is 12.8 Å². The SMILES string of the molecule is CCCCC/C=C/C/C=C/C/C=C/C/C=C/C/C=C/CCC(=O)OC[C@H](CO[C@H]1O[C@H](CS(=O)(=O)O)[C@@H](O)C(O)C1O)OC(=O)CCCCCCCC=C=CCCCCCCC. The van der Waals surface area contributed by atoms with Crippen LogP contribution in [0.3, 0.4) is 0 Å². The molecule has 0 amide bonds. The summed E-state index contributed by atoms with van der Waals surface area (Å²) in [5.74, 6) is -2.12. The van der Waals surface area contributed by atoms with Gasteiger partial charge in [0.25, 0.3) is 10.1 Å². The standard InChI is InChI=1S/C49H80O12S/c1-3-5-7-9-11-13-15-17-19-20-21-22-24-25-27-29-31-33-35-37-44(50)58-39-42(40-59-49-48(54)47(53)46(52)43(61-49)41-62(55,56)57)60-45(51)38-36-34-32-30-28-26-23-18-16-14-12-10-8-6-4-2/h11,13,16-17,19,21-23,25,27,31,33,42-43,46-49,52-54H,3-10,12,14-15,20,24,26,28-30,32,34-41H2,1-2H3,(H,55,56,57)/b13-11+,19-17+,22-21+,27-25+,33-31+/t18?,42-,43-,46-,47?,48?,49+/m1/s1. The molecule has 2 unspecified atom stereocenters. The second-order valence-electron chi connectivity index (χ2n) is 15.8. The van der Waals surface area contributed by atoms with Crippen molar-refractivity contribution in [1.82, 2.24) is 0 Å². The maximum Gasteiger partial charge on any atom is 0.306 e. The number of aliphatic hydroxyl groups is 3. The number of esters is 2. The monoisotopic (exact) mass is 893 g/mol. The van der Waals surface area contributed by atoms with Crippen molar-refractivity contribution >= 4 is 22.1 Å². The summed E-state index contributed by atoms with van der Waals surface area (Å²) >= 11 is 0. The van der Waals surface area contributed by atoms with Gasteiger partial charge in [0.2, 0.25) is 0 Å². The van der Waals surface area contributed by atoms with Crippen LogP contribution in [0.15, 0.2) is 78.6 Å². The van der Waals surface area contributed by atoms with Gasteiger partial charge in [0.05, 0.1) is 6.61 Å². The number of aliphatic hydroxyl groups excluding tert-OH is 3.